The Bertz CT molecular complexity index is 334. The summed E-state index contributed by atoms with van der Waals surface area (Å²) in [5, 5.41) is 9.22. The molecule has 4 heteroatoms. The van der Waals surface area contributed by atoms with E-state index >= 15 is 0 Å². The highest BCUT2D eigenvalue weighted by atomic mass is 16.4. The quantitative estimate of drug-likeness (QED) is 0.807. The molecule has 0 amide bonds. The van der Waals surface area contributed by atoms with Gasteiger partial charge in [0.1, 0.15) is 0 Å². The van der Waals surface area contributed by atoms with E-state index in [-0.39, 0.29) is 12.0 Å². The van der Waals surface area contributed by atoms with Crippen molar-refractivity contribution in [2.45, 2.75) is 57.2 Å². The lowest BCUT2D eigenvalue weighted by Gasteiger charge is -2.41. The van der Waals surface area contributed by atoms with Crippen LogP contribution in [0.25, 0.3) is 0 Å². The summed E-state index contributed by atoms with van der Waals surface area (Å²) in [5.41, 5.74) is 0. The molecule has 1 N–H and O–H groups in total. The molecule has 0 aromatic rings. The van der Waals surface area contributed by atoms with Crippen molar-refractivity contribution in [3.05, 3.63) is 0 Å². The molecule has 4 nitrogen and oxygen atoms in total. The van der Waals surface area contributed by atoms with Gasteiger partial charge in [-0.1, -0.05) is 0 Å². The van der Waals surface area contributed by atoms with Gasteiger partial charge in [0.05, 0.1) is 5.92 Å². The summed E-state index contributed by atoms with van der Waals surface area (Å²) in [6.45, 7) is 5.59. The van der Waals surface area contributed by atoms with Crippen LogP contribution in [0, 0.1) is 5.92 Å². The highest BCUT2D eigenvalue weighted by Crippen LogP contribution is 2.34. The van der Waals surface area contributed by atoms with E-state index in [9.17, 15) is 9.90 Å². The highest BCUT2D eigenvalue weighted by molar-refractivity contribution is 5.71. The number of carbonyl (C=O) groups is 1. The van der Waals surface area contributed by atoms with Crippen molar-refractivity contribution < 1.29 is 9.90 Å². The molecule has 0 aromatic heterocycles. The van der Waals surface area contributed by atoms with Gasteiger partial charge in [-0.15, -0.1) is 0 Å². The predicted octanol–water partition coefficient (Wildman–Crippen LogP) is 1.41. The second kappa shape index (κ2) is 4.82. The SMILES string of the molecule is CC1C(C(=O)O)CCN1C1CCN2CCCC2C1. The summed E-state index contributed by atoms with van der Waals surface area (Å²) in [5.74, 6) is -0.755. The Morgan fingerprint density at radius 2 is 1.94 bits per heavy atom. The van der Waals surface area contributed by atoms with Gasteiger partial charge in [0.25, 0.3) is 0 Å². The van der Waals surface area contributed by atoms with Gasteiger partial charge >= 0.3 is 5.97 Å². The minimum atomic E-state index is -0.608. The third-order valence-corrected chi connectivity index (χ3v) is 5.38. The molecule has 0 aromatic carbocycles. The molecule has 4 atom stereocenters. The van der Waals surface area contributed by atoms with Gasteiger partial charge in [-0.25, -0.2) is 0 Å². The van der Waals surface area contributed by atoms with Crippen LogP contribution in [0.2, 0.25) is 0 Å². The van der Waals surface area contributed by atoms with Crippen LogP contribution in [0.1, 0.15) is 39.0 Å². The first-order valence-corrected chi connectivity index (χ1v) is 7.39. The van der Waals surface area contributed by atoms with Crippen molar-refractivity contribution in [3.8, 4) is 0 Å². The largest absolute Gasteiger partial charge is 0.481 e. The van der Waals surface area contributed by atoms with Gasteiger partial charge in [-0.2, -0.15) is 0 Å². The molecule has 0 aliphatic carbocycles. The Kier molecular flexibility index (Phi) is 3.32. The van der Waals surface area contributed by atoms with Crippen LogP contribution in [0.4, 0.5) is 0 Å². The van der Waals surface area contributed by atoms with Gasteiger partial charge in [0.2, 0.25) is 0 Å². The van der Waals surface area contributed by atoms with Crippen molar-refractivity contribution >= 4 is 5.97 Å². The van der Waals surface area contributed by atoms with Gasteiger partial charge < -0.3 is 10.0 Å². The van der Waals surface area contributed by atoms with Crippen LogP contribution >= 0.6 is 0 Å². The first-order valence-electron chi connectivity index (χ1n) is 7.39. The third-order valence-electron chi connectivity index (χ3n) is 5.38. The van der Waals surface area contributed by atoms with Crippen LogP contribution in [0.5, 0.6) is 0 Å². The Morgan fingerprint density at radius 3 is 2.67 bits per heavy atom. The molecule has 0 spiro atoms. The smallest absolute Gasteiger partial charge is 0.308 e. The van der Waals surface area contributed by atoms with E-state index in [4.69, 9.17) is 0 Å². The van der Waals surface area contributed by atoms with Crippen molar-refractivity contribution in [2.75, 3.05) is 19.6 Å². The number of fused-ring (bicyclic) bond motifs is 1. The van der Waals surface area contributed by atoms with E-state index in [0.29, 0.717) is 6.04 Å². The minimum absolute atomic E-state index is 0.147. The normalized spacial score (nSPS) is 42.1. The summed E-state index contributed by atoms with van der Waals surface area (Å²) in [6, 6.07) is 1.63. The van der Waals surface area contributed by atoms with E-state index in [1.165, 1.54) is 38.8 Å². The number of aliphatic carboxylic acids is 1. The monoisotopic (exact) mass is 252 g/mol. The topological polar surface area (TPSA) is 43.8 Å². The molecule has 3 saturated heterocycles. The lowest BCUT2D eigenvalue weighted by molar-refractivity contribution is -0.142. The van der Waals surface area contributed by atoms with Crippen LogP contribution < -0.4 is 0 Å². The maximum absolute atomic E-state index is 11.2. The molecule has 3 heterocycles. The summed E-state index contributed by atoms with van der Waals surface area (Å²) < 4.78 is 0. The molecular formula is C14H24N2O2. The van der Waals surface area contributed by atoms with Crippen LogP contribution in [-0.4, -0.2) is 58.6 Å². The van der Waals surface area contributed by atoms with Crippen LogP contribution in [0.3, 0.4) is 0 Å². The molecule has 4 unspecified atom stereocenters. The summed E-state index contributed by atoms with van der Waals surface area (Å²) >= 11 is 0. The molecule has 102 valence electrons. The standard InChI is InChI=1S/C14H24N2O2/c1-10-13(14(17)18)5-8-16(10)12-4-7-15-6-2-3-11(15)9-12/h10-13H,2-9H2,1H3,(H,17,18). The zero-order chi connectivity index (χ0) is 12.7. The molecule has 3 fully saturated rings. The van der Waals surface area contributed by atoms with Crippen LogP contribution in [-0.2, 0) is 4.79 Å². The van der Waals surface area contributed by atoms with Crippen molar-refractivity contribution in [2.24, 2.45) is 5.92 Å². The second-order valence-electron chi connectivity index (χ2n) is 6.22. The Hall–Kier alpha value is -0.610. The first kappa shape index (κ1) is 12.4. The number of rotatable bonds is 2. The average Bonchev–Trinajstić information content (AvgIpc) is 2.93. The van der Waals surface area contributed by atoms with Gasteiger partial charge in [-0.05, 0) is 58.7 Å². The number of carboxylic acids is 1. The lowest BCUT2D eigenvalue weighted by atomic mass is 9.95. The Balaban J connectivity index is 1.64. The number of carboxylic acid groups (broad SMARTS) is 1. The van der Waals surface area contributed by atoms with Crippen LogP contribution in [0.15, 0.2) is 0 Å². The molecule has 3 aliphatic heterocycles. The Morgan fingerprint density at radius 1 is 1.11 bits per heavy atom. The first-order chi connectivity index (χ1) is 8.66. The van der Waals surface area contributed by atoms with Crippen molar-refractivity contribution in [1.29, 1.82) is 0 Å². The zero-order valence-corrected chi connectivity index (χ0v) is 11.2. The van der Waals surface area contributed by atoms with Gasteiger partial charge in [0.15, 0.2) is 0 Å². The summed E-state index contributed by atoms with van der Waals surface area (Å²) in [4.78, 5) is 16.3. The van der Waals surface area contributed by atoms with Crippen molar-refractivity contribution in [3.63, 3.8) is 0 Å². The lowest BCUT2D eigenvalue weighted by Crippen LogP contribution is -2.49. The number of nitrogens with zero attached hydrogens (tertiary/aromatic N) is 2. The summed E-state index contributed by atoms with van der Waals surface area (Å²) in [6.07, 6.45) is 6.02. The van der Waals surface area contributed by atoms with Gasteiger partial charge in [-0.3, -0.25) is 9.69 Å². The molecule has 3 rings (SSSR count). The molecule has 0 bridgehead atoms. The fraction of sp³-hybridized carbons (Fsp3) is 0.929. The summed E-state index contributed by atoms with van der Waals surface area (Å²) in [7, 11) is 0. The molecule has 0 radical (unpaired) electrons. The molecule has 3 aliphatic rings. The van der Waals surface area contributed by atoms with Gasteiger partial charge in [0, 0.05) is 18.1 Å². The van der Waals surface area contributed by atoms with E-state index in [0.717, 1.165) is 19.0 Å². The average molecular weight is 252 g/mol. The van der Waals surface area contributed by atoms with E-state index in [2.05, 4.69) is 16.7 Å². The molecular weight excluding hydrogens is 228 g/mol. The predicted molar refractivity (Wildman–Crippen MR) is 69.5 cm³/mol. The minimum Gasteiger partial charge on any atom is -0.481 e. The maximum Gasteiger partial charge on any atom is 0.308 e. The van der Waals surface area contributed by atoms with E-state index < -0.39 is 5.97 Å². The van der Waals surface area contributed by atoms with E-state index in [1.807, 2.05) is 0 Å². The third kappa shape index (κ3) is 2.05. The second-order valence-corrected chi connectivity index (χ2v) is 6.22. The molecule has 0 saturated carbocycles. The fourth-order valence-electron chi connectivity index (χ4n) is 4.31. The number of piperidine rings is 1. The number of hydrogen-bond acceptors (Lipinski definition) is 3. The number of hydrogen-bond donors (Lipinski definition) is 1. The van der Waals surface area contributed by atoms with Crippen molar-refractivity contribution in [1.82, 2.24) is 9.80 Å². The fourth-order valence-corrected chi connectivity index (χ4v) is 4.31. The zero-order valence-electron chi connectivity index (χ0n) is 11.2. The Labute approximate surface area is 109 Å². The van der Waals surface area contributed by atoms with E-state index in [1.54, 1.807) is 0 Å². The highest BCUT2D eigenvalue weighted by Gasteiger charge is 2.42. The maximum atomic E-state index is 11.2. The molecule has 18 heavy (non-hydrogen) atoms. The number of likely N-dealkylation sites (tertiary alicyclic amines) is 1.